The summed E-state index contributed by atoms with van der Waals surface area (Å²) in [6.07, 6.45) is 4.24. The van der Waals surface area contributed by atoms with Crippen molar-refractivity contribution in [1.82, 2.24) is 25.3 Å². The zero-order valence-corrected chi connectivity index (χ0v) is 18.0. The van der Waals surface area contributed by atoms with Crippen molar-refractivity contribution >= 4 is 5.96 Å². The van der Waals surface area contributed by atoms with Gasteiger partial charge in [0.25, 0.3) is 0 Å². The summed E-state index contributed by atoms with van der Waals surface area (Å²) in [6.45, 7) is 14.7. The number of nitrogens with one attached hydrogen (secondary N) is 2. The molecule has 1 fully saturated rings. The Hall–Kier alpha value is -2.60. The summed E-state index contributed by atoms with van der Waals surface area (Å²) in [5.41, 5.74) is 4.42. The molecule has 1 aromatic heterocycles. The number of rotatable bonds is 7. The number of aryl methyl sites for hydroxylation is 2. The number of nitrogens with zero attached hydrogens (tertiary/aromatic N) is 4. The Morgan fingerprint density at radius 2 is 2.03 bits per heavy atom. The lowest BCUT2D eigenvalue weighted by molar-refractivity contribution is 0.225. The first-order valence-electron chi connectivity index (χ1n) is 10.6. The summed E-state index contributed by atoms with van der Waals surface area (Å²) in [4.78, 5) is 7.32. The first kappa shape index (κ1) is 21.1. The molecule has 0 saturated carbocycles. The van der Waals surface area contributed by atoms with Crippen LogP contribution in [0.3, 0.4) is 0 Å². The van der Waals surface area contributed by atoms with Crippen molar-refractivity contribution in [2.75, 3.05) is 26.2 Å². The fraction of sp³-hybridized carbons (Fsp3) is 0.478. The highest BCUT2D eigenvalue weighted by atomic mass is 15.3. The molecule has 2 N–H and O–H groups in total. The lowest BCUT2D eigenvalue weighted by Gasteiger charge is -2.32. The average Bonchev–Trinajstić information content (AvgIpc) is 3.06. The fourth-order valence-corrected chi connectivity index (χ4v) is 3.84. The topological polar surface area (TPSA) is 57.5 Å². The van der Waals surface area contributed by atoms with Gasteiger partial charge in [-0.3, -0.25) is 4.90 Å². The predicted molar refractivity (Wildman–Crippen MR) is 121 cm³/mol. The van der Waals surface area contributed by atoms with Gasteiger partial charge < -0.3 is 10.6 Å². The van der Waals surface area contributed by atoms with Crippen LogP contribution in [0.1, 0.15) is 36.7 Å². The van der Waals surface area contributed by atoms with Gasteiger partial charge in [0, 0.05) is 37.9 Å². The number of hydrogen-bond donors (Lipinski definition) is 2. The number of hydrogen-bond acceptors (Lipinski definition) is 3. The van der Waals surface area contributed by atoms with Crippen LogP contribution in [0.2, 0.25) is 0 Å². The Balaban J connectivity index is 1.70. The summed E-state index contributed by atoms with van der Waals surface area (Å²) in [6, 6.07) is 10.9. The van der Waals surface area contributed by atoms with E-state index in [9.17, 15) is 0 Å². The lowest BCUT2D eigenvalue weighted by atomic mass is 10.1. The summed E-state index contributed by atoms with van der Waals surface area (Å²) >= 11 is 0. The molecule has 0 bridgehead atoms. The van der Waals surface area contributed by atoms with Gasteiger partial charge >= 0.3 is 0 Å². The predicted octanol–water partition coefficient (Wildman–Crippen LogP) is 3.19. The van der Waals surface area contributed by atoms with Gasteiger partial charge in [-0.05, 0) is 51.3 Å². The maximum absolute atomic E-state index is 4.88. The molecule has 29 heavy (non-hydrogen) atoms. The van der Waals surface area contributed by atoms with Gasteiger partial charge in [-0.15, -0.1) is 6.58 Å². The van der Waals surface area contributed by atoms with Gasteiger partial charge in [-0.2, -0.15) is 5.10 Å². The third-order valence-electron chi connectivity index (χ3n) is 5.30. The number of aliphatic imine (C=N–C) groups is 1. The van der Waals surface area contributed by atoms with Crippen molar-refractivity contribution in [2.24, 2.45) is 4.99 Å². The fourth-order valence-electron chi connectivity index (χ4n) is 3.84. The van der Waals surface area contributed by atoms with Crippen molar-refractivity contribution < 1.29 is 0 Å². The van der Waals surface area contributed by atoms with Crippen LogP contribution in [0.15, 0.2) is 48.0 Å². The van der Waals surface area contributed by atoms with Crippen LogP contribution in [0.4, 0.5) is 0 Å². The zero-order chi connectivity index (χ0) is 20.6. The van der Waals surface area contributed by atoms with E-state index in [1.807, 2.05) is 17.7 Å². The van der Waals surface area contributed by atoms with Crippen LogP contribution >= 0.6 is 0 Å². The van der Waals surface area contributed by atoms with Gasteiger partial charge in [-0.1, -0.05) is 24.3 Å². The maximum Gasteiger partial charge on any atom is 0.191 e. The van der Waals surface area contributed by atoms with Crippen LogP contribution in [0, 0.1) is 13.8 Å². The molecule has 0 atom stereocenters. The number of aromatic nitrogens is 2. The molecular formula is C23H34N6. The van der Waals surface area contributed by atoms with E-state index in [-0.39, 0.29) is 0 Å². The van der Waals surface area contributed by atoms with E-state index in [1.165, 1.54) is 0 Å². The summed E-state index contributed by atoms with van der Waals surface area (Å²) < 4.78 is 2.01. The molecule has 0 unspecified atom stereocenters. The molecule has 0 aliphatic carbocycles. The van der Waals surface area contributed by atoms with E-state index in [4.69, 9.17) is 4.99 Å². The molecule has 156 valence electrons. The summed E-state index contributed by atoms with van der Waals surface area (Å²) in [5, 5.41) is 11.7. The molecule has 1 aromatic carbocycles. The molecule has 1 aliphatic rings. The number of piperidine rings is 1. The van der Waals surface area contributed by atoms with Crippen LogP contribution in [0.5, 0.6) is 0 Å². The number of likely N-dealkylation sites (tertiary alicyclic amines) is 1. The Morgan fingerprint density at radius 3 is 2.69 bits per heavy atom. The molecule has 1 aliphatic heterocycles. The van der Waals surface area contributed by atoms with Crippen LogP contribution in [-0.4, -0.2) is 52.9 Å². The van der Waals surface area contributed by atoms with E-state index < -0.39 is 0 Å². The van der Waals surface area contributed by atoms with E-state index >= 15 is 0 Å². The smallest absolute Gasteiger partial charge is 0.191 e. The molecule has 0 spiro atoms. The number of para-hydroxylation sites is 1. The SMILES string of the molecule is C=CCN1CCC(NC(=NCc2ccccc2-n2nc(C)cc2C)NCC)CC1. The Kier molecular flexibility index (Phi) is 7.47. The maximum atomic E-state index is 4.88. The second-order valence-electron chi connectivity index (χ2n) is 7.67. The highest BCUT2D eigenvalue weighted by molar-refractivity contribution is 5.80. The van der Waals surface area contributed by atoms with Gasteiger partial charge in [-0.25, -0.2) is 9.67 Å². The Morgan fingerprint density at radius 1 is 1.28 bits per heavy atom. The monoisotopic (exact) mass is 394 g/mol. The van der Waals surface area contributed by atoms with Gasteiger partial charge in [0.05, 0.1) is 17.9 Å². The number of benzene rings is 1. The van der Waals surface area contributed by atoms with Gasteiger partial charge in [0.1, 0.15) is 0 Å². The highest BCUT2D eigenvalue weighted by Gasteiger charge is 2.19. The normalized spacial score (nSPS) is 16.0. The minimum Gasteiger partial charge on any atom is -0.357 e. The highest BCUT2D eigenvalue weighted by Crippen LogP contribution is 2.18. The van der Waals surface area contributed by atoms with Crippen molar-refractivity contribution in [3.8, 4) is 5.69 Å². The van der Waals surface area contributed by atoms with Crippen molar-refractivity contribution in [1.29, 1.82) is 0 Å². The second-order valence-corrected chi connectivity index (χ2v) is 7.67. The molecule has 6 nitrogen and oxygen atoms in total. The van der Waals surface area contributed by atoms with Crippen LogP contribution < -0.4 is 10.6 Å². The van der Waals surface area contributed by atoms with E-state index in [2.05, 4.69) is 71.4 Å². The molecule has 0 amide bonds. The van der Waals surface area contributed by atoms with Crippen molar-refractivity contribution in [3.05, 3.63) is 59.9 Å². The largest absolute Gasteiger partial charge is 0.357 e. The lowest BCUT2D eigenvalue weighted by Crippen LogP contribution is -2.48. The minimum atomic E-state index is 0.458. The third-order valence-corrected chi connectivity index (χ3v) is 5.30. The van der Waals surface area contributed by atoms with Crippen LogP contribution in [0.25, 0.3) is 5.69 Å². The second kappa shape index (κ2) is 10.3. The molecule has 3 rings (SSSR count). The summed E-state index contributed by atoms with van der Waals surface area (Å²) in [7, 11) is 0. The molecular weight excluding hydrogens is 360 g/mol. The van der Waals surface area contributed by atoms with Crippen molar-refractivity contribution in [2.45, 2.75) is 46.2 Å². The van der Waals surface area contributed by atoms with Crippen LogP contribution in [-0.2, 0) is 6.54 Å². The standard InChI is InChI=1S/C23H34N6/c1-5-13-28-14-11-21(12-15-28)26-23(24-6-2)25-17-20-9-7-8-10-22(20)29-19(4)16-18(3)27-29/h5,7-10,16,21H,1,6,11-15,17H2,2-4H3,(H2,24,25,26). The van der Waals surface area contributed by atoms with E-state index in [1.54, 1.807) is 0 Å². The third kappa shape index (κ3) is 5.70. The molecule has 1 saturated heterocycles. The van der Waals surface area contributed by atoms with Crippen molar-refractivity contribution in [3.63, 3.8) is 0 Å². The molecule has 2 heterocycles. The van der Waals surface area contributed by atoms with E-state index in [0.717, 1.165) is 67.6 Å². The molecule has 2 aromatic rings. The quantitative estimate of drug-likeness (QED) is 0.430. The molecule has 0 radical (unpaired) electrons. The van der Waals surface area contributed by atoms with Gasteiger partial charge in [0.2, 0.25) is 0 Å². The Bertz CT molecular complexity index is 830. The first-order valence-corrected chi connectivity index (χ1v) is 10.6. The van der Waals surface area contributed by atoms with Gasteiger partial charge in [0.15, 0.2) is 5.96 Å². The zero-order valence-electron chi connectivity index (χ0n) is 18.0. The summed E-state index contributed by atoms with van der Waals surface area (Å²) in [5.74, 6) is 0.887. The average molecular weight is 395 g/mol. The minimum absolute atomic E-state index is 0.458. The first-order chi connectivity index (χ1) is 14.1. The molecule has 6 heteroatoms. The number of guanidine groups is 1. The Labute approximate surface area is 174 Å². The van der Waals surface area contributed by atoms with E-state index in [0.29, 0.717) is 12.6 Å².